The first kappa shape index (κ1) is 24.9. The van der Waals surface area contributed by atoms with Gasteiger partial charge in [0.1, 0.15) is 6.04 Å². The number of pyridine rings is 1. The van der Waals surface area contributed by atoms with E-state index in [0.29, 0.717) is 16.2 Å². The highest BCUT2D eigenvalue weighted by Crippen LogP contribution is 2.26. The highest BCUT2D eigenvalue weighted by Gasteiger charge is 2.26. The highest BCUT2D eigenvalue weighted by molar-refractivity contribution is 7.13. The third-order valence-corrected chi connectivity index (χ3v) is 7.69. The molecule has 0 aliphatic carbocycles. The summed E-state index contributed by atoms with van der Waals surface area (Å²) in [6, 6.07) is 18.5. The number of hydrogen-bond acceptors (Lipinski definition) is 8. The fraction of sp³-hybridized carbons (Fsp3) is 0.207. The Morgan fingerprint density at radius 2 is 1.72 bits per heavy atom. The summed E-state index contributed by atoms with van der Waals surface area (Å²) in [6.45, 7) is 4.12. The van der Waals surface area contributed by atoms with E-state index in [4.69, 9.17) is 0 Å². The van der Waals surface area contributed by atoms with Crippen molar-refractivity contribution in [3.05, 3.63) is 101 Å². The second-order valence-corrected chi connectivity index (χ2v) is 10.4. The summed E-state index contributed by atoms with van der Waals surface area (Å²) in [7, 11) is 2.15. The smallest absolute Gasteiger partial charge is 0.280 e. The van der Waals surface area contributed by atoms with Crippen molar-refractivity contribution in [1.29, 1.82) is 0 Å². The number of piperazine rings is 1. The van der Waals surface area contributed by atoms with Crippen molar-refractivity contribution in [2.75, 3.05) is 43.4 Å². The van der Waals surface area contributed by atoms with Gasteiger partial charge in [0.05, 0.1) is 11.8 Å². The number of benzene rings is 2. The molecule has 1 aliphatic rings. The number of aromatic nitrogens is 4. The second-order valence-electron chi connectivity index (χ2n) is 9.53. The van der Waals surface area contributed by atoms with Crippen LogP contribution in [0.1, 0.15) is 11.6 Å². The SMILES string of the molecule is CN1CCN(c2ccc(-c3cnc4c(=O)n(C(C(=O)Nc5nccs5)c5ccccc5)cnc4c3)cc2)CC1. The Labute approximate surface area is 229 Å². The summed E-state index contributed by atoms with van der Waals surface area (Å²) < 4.78 is 1.33. The lowest BCUT2D eigenvalue weighted by Gasteiger charge is -2.34. The van der Waals surface area contributed by atoms with Crippen LogP contribution in [0.5, 0.6) is 0 Å². The molecule has 10 heteroatoms. The van der Waals surface area contributed by atoms with Crippen LogP contribution in [0.3, 0.4) is 0 Å². The first-order valence-corrected chi connectivity index (χ1v) is 13.6. The molecule has 0 bridgehead atoms. The van der Waals surface area contributed by atoms with E-state index >= 15 is 0 Å². The van der Waals surface area contributed by atoms with Gasteiger partial charge in [0.2, 0.25) is 0 Å². The summed E-state index contributed by atoms with van der Waals surface area (Å²) >= 11 is 1.31. The molecule has 0 saturated carbocycles. The molecular formula is C29H27N7O2S. The maximum absolute atomic E-state index is 13.6. The first-order valence-electron chi connectivity index (χ1n) is 12.7. The zero-order valence-electron chi connectivity index (χ0n) is 21.4. The third-order valence-electron chi connectivity index (χ3n) is 7.00. The molecule has 0 radical (unpaired) electrons. The molecule has 1 N–H and O–H groups in total. The summed E-state index contributed by atoms with van der Waals surface area (Å²) in [5.41, 5.74) is 4.02. The van der Waals surface area contributed by atoms with Crippen LogP contribution < -0.4 is 15.8 Å². The van der Waals surface area contributed by atoms with Crippen LogP contribution >= 0.6 is 11.3 Å². The standard InChI is InChI=1S/C29H27N7O2S/c1-34-12-14-35(15-13-34)23-9-7-20(8-10-23)22-17-24-25(31-18-22)28(38)36(19-32-24)26(21-5-3-2-4-6-21)27(37)33-29-30-11-16-39-29/h2-11,16-19,26H,12-15H2,1H3,(H,30,33,37). The fourth-order valence-corrected chi connectivity index (χ4v) is 5.35. The Bertz CT molecular complexity index is 1650. The Morgan fingerprint density at radius 1 is 0.949 bits per heavy atom. The van der Waals surface area contributed by atoms with Gasteiger partial charge in [0.25, 0.3) is 11.5 Å². The lowest BCUT2D eigenvalue weighted by molar-refractivity contribution is -0.118. The first-order chi connectivity index (χ1) is 19.1. The summed E-state index contributed by atoms with van der Waals surface area (Å²) in [6.07, 6.45) is 4.72. The van der Waals surface area contributed by atoms with Gasteiger partial charge >= 0.3 is 0 Å². The lowest BCUT2D eigenvalue weighted by Crippen LogP contribution is -2.44. The van der Waals surface area contributed by atoms with Gasteiger partial charge < -0.3 is 9.80 Å². The Balaban J connectivity index is 1.31. The van der Waals surface area contributed by atoms with Crippen LogP contribution in [0.4, 0.5) is 10.8 Å². The van der Waals surface area contributed by atoms with E-state index in [-0.39, 0.29) is 17.0 Å². The van der Waals surface area contributed by atoms with Crippen molar-refractivity contribution >= 4 is 39.1 Å². The van der Waals surface area contributed by atoms with Crippen LogP contribution in [0, 0.1) is 0 Å². The van der Waals surface area contributed by atoms with Gasteiger partial charge in [0, 0.05) is 55.2 Å². The number of anilines is 2. The average molecular weight is 538 g/mol. The number of nitrogens with one attached hydrogen (secondary N) is 1. The van der Waals surface area contributed by atoms with Crippen molar-refractivity contribution < 1.29 is 4.79 Å². The summed E-state index contributed by atoms with van der Waals surface area (Å²) in [5, 5.41) is 5.05. The van der Waals surface area contributed by atoms with E-state index in [1.165, 1.54) is 27.9 Å². The van der Waals surface area contributed by atoms with Crippen LogP contribution in [-0.2, 0) is 4.79 Å². The summed E-state index contributed by atoms with van der Waals surface area (Å²) in [5.74, 6) is -0.378. The second kappa shape index (κ2) is 10.8. The van der Waals surface area contributed by atoms with Gasteiger partial charge in [-0.15, -0.1) is 11.3 Å². The van der Waals surface area contributed by atoms with Crippen molar-refractivity contribution in [3.63, 3.8) is 0 Å². The molecule has 6 rings (SSSR count). The van der Waals surface area contributed by atoms with Crippen LogP contribution in [0.25, 0.3) is 22.2 Å². The van der Waals surface area contributed by atoms with E-state index in [2.05, 4.69) is 61.4 Å². The van der Waals surface area contributed by atoms with E-state index in [1.807, 2.05) is 36.4 Å². The molecule has 1 atom stereocenters. The minimum absolute atomic E-state index is 0.207. The van der Waals surface area contributed by atoms with Crippen LogP contribution in [0.2, 0.25) is 0 Å². The number of rotatable bonds is 6. The molecule has 1 amide bonds. The summed E-state index contributed by atoms with van der Waals surface area (Å²) in [4.78, 5) is 44.8. The zero-order chi connectivity index (χ0) is 26.8. The topological polar surface area (TPSA) is 96.2 Å². The van der Waals surface area contributed by atoms with E-state index in [1.54, 1.807) is 17.8 Å². The Morgan fingerprint density at radius 3 is 2.44 bits per heavy atom. The van der Waals surface area contributed by atoms with Crippen LogP contribution in [-0.4, -0.2) is 63.6 Å². The monoisotopic (exact) mass is 537 g/mol. The molecular weight excluding hydrogens is 510 g/mol. The molecule has 196 valence electrons. The largest absolute Gasteiger partial charge is 0.369 e. The minimum Gasteiger partial charge on any atom is -0.369 e. The predicted molar refractivity (Wildman–Crippen MR) is 154 cm³/mol. The van der Waals surface area contributed by atoms with Crippen molar-refractivity contribution in [1.82, 2.24) is 24.4 Å². The van der Waals surface area contributed by atoms with E-state index < -0.39 is 6.04 Å². The van der Waals surface area contributed by atoms with Gasteiger partial charge in [-0.25, -0.2) is 15.0 Å². The molecule has 1 fully saturated rings. The van der Waals surface area contributed by atoms with Gasteiger partial charge in [-0.1, -0.05) is 42.5 Å². The number of thiazole rings is 1. The number of hydrogen-bond donors (Lipinski definition) is 1. The number of fused-ring (bicyclic) bond motifs is 1. The predicted octanol–water partition coefficient (Wildman–Crippen LogP) is 3.89. The van der Waals surface area contributed by atoms with E-state index in [9.17, 15) is 9.59 Å². The molecule has 1 saturated heterocycles. The Hall–Kier alpha value is -4.41. The number of nitrogens with zero attached hydrogens (tertiary/aromatic N) is 6. The normalized spacial score (nSPS) is 14.8. The highest BCUT2D eigenvalue weighted by atomic mass is 32.1. The molecule has 1 aliphatic heterocycles. The third kappa shape index (κ3) is 5.16. The van der Waals surface area contributed by atoms with Crippen molar-refractivity contribution in [3.8, 4) is 11.1 Å². The van der Waals surface area contributed by atoms with E-state index in [0.717, 1.165) is 37.3 Å². The van der Waals surface area contributed by atoms with Gasteiger partial charge in [-0.3, -0.25) is 19.5 Å². The number of carbonyl (C=O) groups excluding carboxylic acids is 1. The van der Waals surface area contributed by atoms with Gasteiger partial charge in [0.15, 0.2) is 10.6 Å². The molecule has 5 aromatic rings. The fourth-order valence-electron chi connectivity index (χ4n) is 4.82. The molecule has 0 spiro atoms. The number of likely N-dealkylation sites (N-methyl/N-ethyl adjacent to an activating group) is 1. The van der Waals surface area contributed by atoms with Gasteiger partial charge in [-0.2, -0.15) is 0 Å². The quantitative estimate of drug-likeness (QED) is 0.351. The molecule has 1 unspecified atom stereocenters. The molecule has 4 heterocycles. The zero-order valence-corrected chi connectivity index (χ0v) is 22.2. The molecule has 2 aromatic carbocycles. The molecule has 39 heavy (non-hydrogen) atoms. The molecule has 3 aromatic heterocycles. The minimum atomic E-state index is -0.928. The van der Waals surface area contributed by atoms with Crippen LogP contribution in [0.15, 0.2) is 89.6 Å². The molecule has 9 nitrogen and oxygen atoms in total. The maximum atomic E-state index is 13.6. The lowest BCUT2D eigenvalue weighted by atomic mass is 10.1. The number of amides is 1. The maximum Gasteiger partial charge on any atom is 0.280 e. The van der Waals surface area contributed by atoms with Crippen molar-refractivity contribution in [2.45, 2.75) is 6.04 Å². The average Bonchev–Trinajstić information content (AvgIpc) is 3.48. The number of carbonyl (C=O) groups is 1. The Kier molecular flexibility index (Phi) is 6.87. The van der Waals surface area contributed by atoms with Gasteiger partial charge in [-0.05, 0) is 36.4 Å². The van der Waals surface area contributed by atoms with Crippen molar-refractivity contribution in [2.24, 2.45) is 0 Å².